The fourth-order valence-electron chi connectivity index (χ4n) is 1.51. The van der Waals surface area contributed by atoms with Crippen molar-refractivity contribution in [3.05, 3.63) is 54.2 Å². The highest BCUT2D eigenvalue weighted by molar-refractivity contribution is 5.58. The Labute approximate surface area is 95.0 Å². The summed E-state index contributed by atoms with van der Waals surface area (Å²) in [5, 5.41) is 8.96. The molecule has 0 aliphatic carbocycles. The van der Waals surface area contributed by atoms with Crippen LogP contribution in [-0.4, -0.2) is 17.1 Å². The summed E-state index contributed by atoms with van der Waals surface area (Å²) in [6, 6.07) is 13.6. The van der Waals surface area contributed by atoms with Crippen molar-refractivity contribution < 1.29 is 5.11 Å². The number of anilines is 2. The average molecular weight is 214 g/mol. The van der Waals surface area contributed by atoms with Crippen molar-refractivity contribution >= 4 is 11.5 Å². The highest BCUT2D eigenvalue weighted by Crippen LogP contribution is 2.21. The number of benzene rings is 1. The third-order valence-electron chi connectivity index (χ3n) is 2.50. The molecule has 0 saturated carbocycles. The minimum Gasteiger partial charge on any atom is -0.392 e. The number of aliphatic hydroxyl groups is 1. The van der Waals surface area contributed by atoms with Crippen LogP contribution in [0.15, 0.2) is 48.7 Å². The van der Waals surface area contributed by atoms with Gasteiger partial charge in [0.25, 0.3) is 0 Å². The summed E-state index contributed by atoms with van der Waals surface area (Å²) in [6.45, 7) is 0.0770. The predicted molar refractivity (Wildman–Crippen MR) is 64.7 cm³/mol. The van der Waals surface area contributed by atoms with E-state index >= 15 is 0 Å². The second kappa shape index (κ2) is 4.77. The van der Waals surface area contributed by atoms with Crippen molar-refractivity contribution in [1.82, 2.24) is 4.98 Å². The minimum absolute atomic E-state index is 0.0770. The number of aliphatic hydroxyl groups excluding tert-OH is 1. The van der Waals surface area contributed by atoms with Crippen LogP contribution in [0.4, 0.5) is 11.5 Å². The van der Waals surface area contributed by atoms with E-state index in [0.29, 0.717) is 0 Å². The molecular weight excluding hydrogens is 200 g/mol. The zero-order valence-electron chi connectivity index (χ0n) is 9.17. The average Bonchev–Trinajstić information content (AvgIpc) is 2.39. The van der Waals surface area contributed by atoms with Gasteiger partial charge in [0, 0.05) is 18.9 Å². The van der Waals surface area contributed by atoms with E-state index < -0.39 is 0 Å². The zero-order valence-corrected chi connectivity index (χ0v) is 9.17. The van der Waals surface area contributed by atoms with Gasteiger partial charge < -0.3 is 10.0 Å². The van der Waals surface area contributed by atoms with Crippen LogP contribution >= 0.6 is 0 Å². The Hall–Kier alpha value is -1.87. The lowest BCUT2D eigenvalue weighted by atomic mass is 10.2. The fraction of sp³-hybridized carbons (Fsp3) is 0.154. The Morgan fingerprint density at radius 1 is 1.12 bits per heavy atom. The topological polar surface area (TPSA) is 36.4 Å². The number of pyridine rings is 1. The van der Waals surface area contributed by atoms with E-state index in [1.165, 1.54) is 0 Å². The summed E-state index contributed by atoms with van der Waals surface area (Å²) in [5.74, 6) is 0.902. The number of nitrogens with zero attached hydrogens (tertiary/aromatic N) is 2. The molecular formula is C13H14N2O. The van der Waals surface area contributed by atoms with Crippen molar-refractivity contribution in [3.63, 3.8) is 0 Å². The van der Waals surface area contributed by atoms with Crippen molar-refractivity contribution in [2.24, 2.45) is 0 Å². The van der Waals surface area contributed by atoms with Crippen molar-refractivity contribution in [1.29, 1.82) is 0 Å². The van der Waals surface area contributed by atoms with Crippen LogP contribution in [0.25, 0.3) is 0 Å². The molecule has 2 rings (SSSR count). The normalized spacial score (nSPS) is 10.1. The van der Waals surface area contributed by atoms with Gasteiger partial charge in [-0.15, -0.1) is 0 Å². The molecule has 1 N–H and O–H groups in total. The first-order chi connectivity index (χ1) is 7.81. The van der Waals surface area contributed by atoms with E-state index in [4.69, 9.17) is 5.11 Å². The first kappa shape index (κ1) is 10.6. The van der Waals surface area contributed by atoms with Crippen LogP contribution in [0.2, 0.25) is 0 Å². The molecule has 0 amide bonds. The lowest BCUT2D eigenvalue weighted by Crippen LogP contribution is -2.10. The predicted octanol–water partition coefficient (Wildman–Crippen LogP) is 2.34. The molecule has 0 saturated heterocycles. The van der Waals surface area contributed by atoms with Gasteiger partial charge in [0.05, 0.1) is 6.61 Å². The lowest BCUT2D eigenvalue weighted by Gasteiger charge is -2.18. The molecule has 0 aliphatic heterocycles. The molecule has 1 heterocycles. The van der Waals surface area contributed by atoms with Gasteiger partial charge in [-0.3, -0.25) is 0 Å². The molecule has 0 spiro atoms. The van der Waals surface area contributed by atoms with E-state index in [1.54, 1.807) is 6.20 Å². The fourth-order valence-corrected chi connectivity index (χ4v) is 1.51. The molecule has 1 aromatic carbocycles. The molecule has 0 radical (unpaired) electrons. The van der Waals surface area contributed by atoms with E-state index in [1.807, 2.05) is 54.4 Å². The van der Waals surface area contributed by atoms with E-state index in [9.17, 15) is 0 Å². The van der Waals surface area contributed by atoms with Gasteiger partial charge >= 0.3 is 0 Å². The highest BCUT2D eigenvalue weighted by atomic mass is 16.3. The van der Waals surface area contributed by atoms with Crippen LogP contribution < -0.4 is 4.90 Å². The molecule has 1 aromatic heterocycles. The Kier molecular flexibility index (Phi) is 3.17. The SMILES string of the molecule is CN(c1ccc(CO)cc1)c1ccccn1. The van der Waals surface area contributed by atoms with Crippen LogP contribution in [0.5, 0.6) is 0 Å². The number of aromatic nitrogens is 1. The summed E-state index contributed by atoms with van der Waals surface area (Å²) >= 11 is 0. The maximum Gasteiger partial charge on any atom is 0.132 e. The van der Waals surface area contributed by atoms with Gasteiger partial charge in [-0.05, 0) is 29.8 Å². The molecule has 3 heteroatoms. The Morgan fingerprint density at radius 2 is 1.88 bits per heavy atom. The molecule has 2 aromatic rings. The minimum atomic E-state index is 0.0770. The highest BCUT2D eigenvalue weighted by Gasteiger charge is 2.03. The number of hydrogen-bond donors (Lipinski definition) is 1. The van der Waals surface area contributed by atoms with Gasteiger partial charge in [0.2, 0.25) is 0 Å². The van der Waals surface area contributed by atoms with E-state index in [0.717, 1.165) is 17.1 Å². The zero-order chi connectivity index (χ0) is 11.4. The van der Waals surface area contributed by atoms with Gasteiger partial charge in [0.1, 0.15) is 5.82 Å². The van der Waals surface area contributed by atoms with Crippen LogP contribution in [0, 0.1) is 0 Å². The van der Waals surface area contributed by atoms with Crippen LogP contribution in [-0.2, 0) is 6.61 Å². The Balaban J connectivity index is 2.24. The summed E-state index contributed by atoms with van der Waals surface area (Å²) in [4.78, 5) is 6.28. The summed E-state index contributed by atoms with van der Waals surface area (Å²) in [5.41, 5.74) is 1.97. The molecule has 16 heavy (non-hydrogen) atoms. The Morgan fingerprint density at radius 3 is 2.44 bits per heavy atom. The monoisotopic (exact) mass is 214 g/mol. The molecule has 3 nitrogen and oxygen atoms in total. The molecule has 82 valence electrons. The second-order valence-corrected chi connectivity index (χ2v) is 3.57. The maximum atomic E-state index is 8.96. The van der Waals surface area contributed by atoms with E-state index in [-0.39, 0.29) is 6.61 Å². The van der Waals surface area contributed by atoms with Gasteiger partial charge in [-0.25, -0.2) is 4.98 Å². The first-order valence-electron chi connectivity index (χ1n) is 5.16. The Bertz CT molecular complexity index is 439. The van der Waals surface area contributed by atoms with Crippen molar-refractivity contribution in [3.8, 4) is 0 Å². The first-order valence-corrected chi connectivity index (χ1v) is 5.16. The molecule has 0 bridgehead atoms. The van der Waals surface area contributed by atoms with Crippen LogP contribution in [0.3, 0.4) is 0 Å². The summed E-state index contributed by atoms with van der Waals surface area (Å²) in [6.07, 6.45) is 1.77. The lowest BCUT2D eigenvalue weighted by molar-refractivity contribution is 0.282. The van der Waals surface area contributed by atoms with Crippen molar-refractivity contribution in [2.75, 3.05) is 11.9 Å². The molecule has 0 unspecified atom stereocenters. The summed E-state index contributed by atoms with van der Waals surface area (Å²) in [7, 11) is 1.97. The van der Waals surface area contributed by atoms with Gasteiger partial charge in [-0.2, -0.15) is 0 Å². The standard InChI is InChI=1S/C13H14N2O/c1-15(13-4-2-3-9-14-13)12-7-5-11(10-16)6-8-12/h2-9,16H,10H2,1H3. The molecule has 0 fully saturated rings. The largest absolute Gasteiger partial charge is 0.392 e. The molecule has 0 aliphatic rings. The number of rotatable bonds is 3. The maximum absolute atomic E-state index is 8.96. The molecule has 0 atom stereocenters. The second-order valence-electron chi connectivity index (χ2n) is 3.57. The van der Waals surface area contributed by atoms with Gasteiger partial charge in [-0.1, -0.05) is 18.2 Å². The van der Waals surface area contributed by atoms with E-state index in [2.05, 4.69) is 4.98 Å². The number of hydrogen-bond acceptors (Lipinski definition) is 3. The third kappa shape index (κ3) is 2.20. The smallest absolute Gasteiger partial charge is 0.132 e. The van der Waals surface area contributed by atoms with Gasteiger partial charge in [0.15, 0.2) is 0 Å². The van der Waals surface area contributed by atoms with Crippen molar-refractivity contribution in [2.45, 2.75) is 6.61 Å². The van der Waals surface area contributed by atoms with Crippen LogP contribution in [0.1, 0.15) is 5.56 Å². The quantitative estimate of drug-likeness (QED) is 0.852. The summed E-state index contributed by atoms with van der Waals surface area (Å²) < 4.78 is 0. The third-order valence-corrected chi connectivity index (χ3v) is 2.50.